The van der Waals surface area contributed by atoms with Crippen LogP contribution in [0.15, 0.2) is 34.9 Å². The standard InChI is InChI=1S/C29H46O3/c1-19(5-6-21(13-16-30)20(2)18-31)25-9-10-26-24-8-7-22-17-23(32)11-14-28(22,3)27(24)12-15-29(25,26)4/h8,12-13,19-20,22-23,25-26,30-32H,5-7,9-11,14-18H2,1-4H3/t19-,20-,22-,23+,25-,26+,28+,29-/m1/s1. The molecule has 3 nitrogen and oxygen atoms in total. The molecule has 0 heterocycles. The first-order valence-electron chi connectivity index (χ1n) is 13.2. The van der Waals surface area contributed by atoms with Gasteiger partial charge in [-0.25, -0.2) is 0 Å². The highest BCUT2D eigenvalue weighted by atomic mass is 16.3. The van der Waals surface area contributed by atoms with Gasteiger partial charge in [-0.05, 0) is 103 Å². The smallest absolute Gasteiger partial charge is 0.0615 e. The van der Waals surface area contributed by atoms with Crippen molar-refractivity contribution in [3.8, 4) is 0 Å². The van der Waals surface area contributed by atoms with Crippen molar-refractivity contribution in [2.45, 2.75) is 91.6 Å². The Morgan fingerprint density at radius 3 is 2.66 bits per heavy atom. The predicted octanol–water partition coefficient (Wildman–Crippen LogP) is 5.81. The van der Waals surface area contributed by atoms with Crippen LogP contribution < -0.4 is 0 Å². The molecule has 0 aromatic carbocycles. The Morgan fingerprint density at radius 2 is 1.94 bits per heavy atom. The van der Waals surface area contributed by atoms with Gasteiger partial charge in [0.15, 0.2) is 0 Å². The van der Waals surface area contributed by atoms with Crippen LogP contribution in [0.1, 0.15) is 85.5 Å². The molecule has 3 N–H and O–H groups in total. The summed E-state index contributed by atoms with van der Waals surface area (Å²) in [5.74, 6) is 2.79. The largest absolute Gasteiger partial charge is 0.396 e. The molecule has 0 radical (unpaired) electrons. The minimum atomic E-state index is -0.104. The van der Waals surface area contributed by atoms with E-state index >= 15 is 0 Å². The highest BCUT2D eigenvalue weighted by Crippen LogP contribution is 2.65. The van der Waals surface area contributed by atoms with E-state index in [0.717, 1.165) is 44.4 Å². The Kier molecular flexibility index (Phi) is 7.11. The summed E-state index contributed by atoms with van der Waals surface area (Å²) in [6, 6.07) is 0. The fourth-order valence-corrected chi connectivity index (χ4v) is 8.18. The average Bonchev–Trinajstić information content (AvgIpc) is 3.13. The number of fused-ring (bicyclic) bond motifs is 5. The molecule has 0 amide bonds. The van der Waals surface area contributed by atoms with Crippen LogP contribution in [0.25, 0.3) is 0 Å². The van der Waals surface area contributed by atoms with Crippen LogP contribution in [0.3, 0.4) is 0 Å². The van der Waals surface area contributed by atoms with E-state index in [0.29, 0.717) is 23.2 Å². The third-order valence-corrected chi connectivity index (χ3v) is 10.4. The zero-order valence-electron chi connectivity index (χ0n) is 20.8. The maximum atomic E-state index is 10.2. The summed E-state index contributed by atoms with van der Waals surface area (Å²) in [7, 11) is 0. The summed E-state index contributed by atoms with van der Waals surface area (Å²) in [5, 5.41) is 29.2. The molecule has 4 rings (SSSR count). The van der Waals surface area contributed by atoms with Gasteiger partial charge in [-0.15, -0.1) is 0 Å². The van der Waals surface area contributed by atoms with Crippen molar-refractivity contribution in [3.63, 3.8) is 0 Å². The number of hydrogen-bond acceptors (Lipinski definition) is 3. The molecule has 0 aliphatic heterocycles. The minimum absolute atomic E-state index is 0.0653. The van der Waals surface area contributed by atoms with Gasteiger partial charge in [-0.3, -0.25) is 0 Å². The monoisotopic (exact) mass is 442 g/mol. The normalized spacial score (nSPS) is 41.2. The van der Waals surface area contributed by atoms with E-state index in [1.807, 2.05) is 6.08 Å². The Bertz CT molecular complexity index is 779. The van der Waals surface area contributed by atoms with Crippen molar-refractivity contribution in [2.24, 2.45) is 40.4 Å². The number of aliphatic hydroxyl groups is 3. The molecular weight excluding hydrogens is 396 g/mol. The molecule has 0 bridgehead atoms. The lowest BCUT2D eigenvalue weighted by Gasteiger charge is -2.53. The molecule has 4 aliphatic rings. The Hall–Kier alpha value is -0.900. The lowest BCUT2D eigenvalue weighted by Crippen LogP contribution is -2.44. The van der Waals surface area contributed by atoms with Crippen LogP contribution in [-0.4, -0.2) is 34.6 Å². The second-order valence-electron chi connectivity index (χ2n) is 12.1. The zero-order valence-corrected chi connectivity index (χ0v) is 20.8. The number of rotatable bonds is 7. The highest BCUT2D eigenvalue weighted by molar-refractivity contribution is 5.46. The minimum Gasteiger partial charge on any atom is -0.396 e. The molecule has 8 atom stereocenters. The van der Waals surface area contributed by atoms with E-state index in [1.54, 1.807) is 11.1 Å². The van der Waals surface area contributed by atoms with E-state index in [2.05, 4.69) is 39.8 Å². The van der Waals surface area contributed by atoms with Crippen molar-refractivity contribution >= 4 is 0 Å². The van der Waals surface area contributed by atoms with Crippen LogP contribution in [0.5, 0.6) is 0 Å². The summed E-state index contributed by atoms with van der Waals surface area (Å²) in [6.45, 7) is 9.75. The number of hydrogen-bond donors (Lipinski definition) is 3. The van der Waals surface area contributed by atoms with Gasteiger partial charge in [0, 0.05) is 12.5 Å². The third-order valence-electron chi connectivity index (χ3n) is 10.4. The van der Waals surface area contributed by atoms with Gasteiger partial charge in [0.05, 0.1) is 12.7 Å². The maximum absolute atomic E-state index is 10.2. The maximum Gasteiger partial charge on any atom is 0.0615 e. The van der Waals surface area contributed by atoms with Crippen LogP contribution in [0.4, 0.5) is 0 Å². The van der Waals surface area contributed by atoms with Crippen molar-refractivity contribution in [1.82, 2.24) is 0 Å². The van der Waals surface area contributed by atoms with Gasteiger partial charge in [-0.2, -0.15) is 0 Å². The molecule has 0 aromatic rings. The van der Waals surface area contributed by atoms with E-state index in [4.69, 9.17) is 0 Å². The lowest BCUT2D eigenvalue weighted by molar-refractivity contribution is 0.0310. The lowest BCUT2D eigenvalue weighted by atomic mass is 9.51. The van der Waals surface area contributed by atoms with Gasteiger partial charge in [-0.1, -0.05) is 51.5 Å². The van der Waals surface area contributed by atoms with Crippen LogP contribution in [0.2, 0.25) is 0 Å². The van der Waals surface area contributed by atoms with Gasteiger partial charge >= 0.3 is 0 Å². The third kappa shape index (κ3) is 4.07. The van der Waals surface area contributed by atoms with Crippen molar-refractivity contribution in [3.05, 3.63) is 34.9 Å². The summed E-state index contributed by atoms with van der Waals surface area (Å²) in [6.07, 6.45) is 17.1. The summed E-state index contributed by atoms with van der Waals surface area (Å²) in [4.78, 5) is 0. The zero-order chi connectivity index (χ0) is 23.1. The molecule has 2 fully saturated rings. The quantitative estimate of drug-likeness (QED) is 0.436. The molecule has 0 aromatic heterocycles. The second kappa shape index (κ2) is 9.39. The molecule has 0 spiro atoms. The van der Waals surface area contributed by atoms with Gasteiger partial charge in [0.1, 0.15) is 0 Å². The number of aliphatic hydroxyl groups excluding tert-OH is 3. The molecule has 0 saturated heterocycles. The molecule has 32 heavy (non-hydrogen) atoms. The summed E-state index contributed by atoms with van der Waals surface area (Å²) in [5.41, 5.74) is 5.12. The first-order chi connectivity index (χ1) is 15.2. The van der Waals surface area contributed by atoms with Gasteiger partial charge in [0.25, 0.3) is 0 Å². The summed E-state index contributed by atoms with van der Waals surface area (Å²) >= 11 is 0. The van der Waals surface area contributed by atoms with Crippen LogP contribution >= 0.6 is 0 Å². The second-order valence-corrected chi connectivity index (χ2v) is 12.1. The summed E-state index contributed by atoms with van der Waals surface area (Å²) < 4.78 is 0. The molecule has 180 valence electrons. The topological polar surface area (TPSA) is 60.7 Å². The predicted molar refractivity (Wildman–Crippen MR) is 131 cm³/mol. The Morgan fingerprint density at radius 1 is 1.16 bits per heavy atom. The van der Waals surface area contributed by atoms with Gasteiger partial charge < -0.3 is 15.3 Å². The van der Waals surface area contributed by atoms with Gasteiger partial charge in [0.2, 0.25) is 0 Å². The molecule has 3 heteroatoms. The number of allylic oxidation sites excluding steroid dienone is 4. The molecule has 2 saturated carbocycles. The fraction of sp³-hybridized carbons (Fsp3) is 0.793. The Labute approximate surface area is 195 Å². The molecular formula is C29H46O3. The van der Waals surface area contributed by atoms with Crippen molar-refractivity contribution in [1.29, 1.82) is 0 Å². The van der Waals surface area contributed by atoms with Crippen LogP contribution in [-0.2, 0) is 0 Å². The highest BCUT2D eigenvalue weighted by Gasteiger charge is 2.55. The molecule has 0 unspecified atom stereocenters. The SMILES string of the molecule is C[C@H](CO)C(=CCO)CC[C@@H](C)[C@H]1CC[C@H]2C3=CC[C@@H]4C[C@@H](O)CC[C@]4(C)C3=CC[C@]12C. The fourth-order valence-electron chi connectivity index (χ4n) is 8.18. The van der Waals surface area contributed by atoms with E-state index in [-0.39, 0.29) is 30.7 Å². The first kappa shape index (κ1) is 24.2. The van der Waals surface area contributed by atoms with Crippen molar-refractivity contribution < 1.29 is 15.3 Å². The van der Waals surface area contributed by atoms with E-state index < -0.39 is 0 Å². The Balaban J connectivity index is 1.50. The van der Waals surface area contributed by atoms with Crippen LogP contribution in [0, 0.1) is 40.4 Å². The molecule has 4 aliphatic carbocycles. The van der Waals surface area contributed by atoms with Crippen molar-refractivity contribution in [2.75, 3.05) is 13.2 Å². The van der Waals surface area contributed by atoms with E-state index in [9.17, 15) is 15.3 Å². The first-order valence-corrected chi connectivity index (χ1v) is 13.2. The van der Waals surface area contributed by atoms with E-state index in [1.165, 1.54) is 24.8 Å². The average molecular weight is 443 g/mol.